The van der Waals surface area contributed by atoms with Crippen LogP contribution >= 0.6 is 43.2 Å². The van der Waals surface area contributed by atoms with Gasteiger partial charge >= 0.3 is 0 Å². The van der Waals surface area contributed by atoms with Gasteiger partial charge in [-0.15, -0.1) is 11.3 Å². The maximum atomic E-state index is 8.99. The lowest BCUT2D eigenvalue weighted by Gasteiger charge is -2.04. The molecule has 1 aromatic heterocycles. The fraction of sp³-hybridized carbons (Fsp3) is 0. The van der Waals surface area contributed by atoms with E-state index in [9.17, 15) is 0 Å². The Kier molecular flexibility index (Phi) is 3.59. The number of hydrogen-bond acceptors (Lipinski definition) is 4. The first-order chi connectivity index (χ1) is 7.69. The van der Waals surface area contributed by atoms with Crippen molar-refractivity contribution in [1.29, 1.82) is 5.26 Å². The molecular weight excluding hydrogens is 354 g/mol. The van der Waals surface area contributed by atoms with Crippen LogP contribution in [0.5, 0.6) is 0 Å². The van der Waals surface area contributed by atoms with Gasteiger partial charge in [0.15, 0.2) is 5.13 Å². The summed E-state index contributed by atoms with van der Waals surface area (Å²) in [4.78, 5) is 4.21. The number of nitriles is 1. The fourth-order valence-electron chi connectivity index (χ4n) is 1.14. The van der Waals surface area contributed by atoms with Gasteiger partial charge in [0.2, 0.25) is 0 Å². The predicted molar refractivity (Wildman–Crippen MR) is 72.0 cm³/mol. The van der Waals surface area contributed by atoms with Crippen LogP contribution in [0.15, 0.2) is 32.7 Å². The van der Waals surface area contributed by atoms with Crippen molar-refractivity contribution in [2.24, 2.45) is 0 Å². The van der Waals surface area contributed by atoms with Gasteiger partial charge in [-0.05, 0) is 34.1 Å². The zero-order valence-corrected chi connectivity index (χ0v) is 11.9. The van der Waals surface area contributed by atoms with Gasteiger partial charge < -0.3 is 5.32 Å². The van der Waals surface area contributed by atoms with Gasteiger partial charge in [-0.3, -0.25) is 0 Å². The van der Waals surface area contributed by atoms with E-state index in [1.807, 2.05) is 17.5 Å². The molecule has 0 aliphatic heterocycles. The Bertz CT molecular complexity index is 559. The van der Waals surface area contributed by atoms with Crippen molar-refractivity contribution in [3.63, 3.8) is 0 Å². The van der Waals surface area contributed by atoms with Crippen LogP contribution in [0.2, 0.25) is 0 Å². The van der Waals surface area contributed by atoms with E-state index in [4.69, 9.17) is 5.26 Å². The Balaban J connectivity index is 2.31. The molecule has 16 heavy (non-hydrogen) atoms. The summed E-state index contributed by atoms with van der Waals surface area (Å²) in [6.07, 6.45) is 0. The van der Waals surface area contributed by atoms with Gasteiger partial charge in [-0.1, -0.05) is 15.9 Å². The third kappa shape index (κ3) is 2.61. The summed E-state index contributed by atoms with van der Waals surface area (Å²) in [5.41, 5.74) is 1.34. The minimum atomic E-state index is 0.584. The quantitative estimate of drug-likeness (QED) is 0.871. The zero-order chi connectivity index (χ0) is 11.5. The monoisotopic (exact) mass is 357 g/mol. The molecule has 0 bridgehead atoms. The van der Waals surface area contributed by atoms with Crippen molar-refractivity contribution in [3.8, 4) is 6.07 Å². The third-order valence-electron chi connectivity index (χ3n) is 1.82. The summed E-state index contributed by atoms with van der Waals surface area (Å²) in [7, 11) is 0. The molecule has 0 saturated carbocycles. The second-order valence-electron chi connectivity index (χ2n) is 2.90. The van der Waals surface area contributed by atoms with Crippen molar-refractivity contribution in [1.82, 2.24) is 4.98 Å². The number of nitrogens with zero attached hydrogens (tertiary/aromatic N) is 2. The third-order valence-corrected chi connectivity index (χ3v) is 3.78. The van der Waals surface area contributed by atoms with E-state index >= 15 is 0 Å². The molecule has 0 saturated heterocycles. The van der Waals surface area contributed by atoms with E-state index in [0.29, 0.717) is 5.56 Å². The number of aromatic nitrogens is 1. The average Bonchev–Trinajstić information content (AvgIpc) is 2.67. The summed E-state index contributed by atoms with van der Waals surface area (Å²) >= 11 is 8.08. The van der Waals surface area contributed by atoms with Gasteiger partial charge in [0, 0.05) is 9.85 Å². The highest BCUT2D eigenvalue weighted by atomic mass is 79.9. The van der Waals surface area contributed by atoms with Gasteiger partial charge in [0.05, 0.1) is 11.3 Å². The van der Waals surface area contributed by atoms with Crippen molar-refractivity contribution >= 4 is 54.0 Å². The van der Waals surface area contributed by atoms with Gasteiger partial charge in [0.25, 0.3) is 0 Å². The lowest BCUT2D eigenvalue weighted by atomic mass is 10.2. The summed E-state index contributed by atoms with van der Waals surface area (Å²) < 4.78 is 1.67. The Morgan fingerprint density at radius 3 is 2.81 bits per heavy atom. The topological polar surface area (TPSA) is 48.7 Å². The maximum Gasteiger partial charge on any atom is 0.188 e. The van der Waals surface area contributed by atoms with Gasteiger partial charge in [0.1, 0.15) is 10.7 Å². The highest BCUT2D eigenvalue weighted by Gasteiger charge is 2.05. The first kappa shape index (κ1) is 11.6. The van der Waals surface area contributed by atoms with Crippen LogP contribution in [0.4, 0.5) is 10.8 Å². The molecular formula is C10H5Br2N3S. The van der Waals surface area contributed by atoms with Crippen LogP contribution in [-0.4, -0.2) is 4.98 Å². The van der Waals surface area contributed by atoms with E-state index < -0.39 is 0 Å². The van der Waals surface area contributed by atoms with E-state index in [-0.39, 0.29) is 0 Å². The lowest BCUT2D eigenvalue weighted by molar-refractivity contribution is 1.34. The fourth-order valence-corrected chi connectivity index (χ4v) is 2.66. The Morgan fingerprint density at radius 2 is 2.19 bits per heavy atom. The van der Waals surface area contributed by atoms with E-state index in [0.717, 1.165) is 19.9 Å². The molecule has 0 amide bonds. The molecule has 0 aliphatic rings. The van der Waals surface area contributed by atoms with Gasteiger partial charge in [-0.2, -0.15) is 5.26 Å². The Hall–Kier alpha value is -0.900. The summed E-state index contributed by atoms with van der Waals surface area (Å²) in [5.74, 6) is 0. The van der Waals surface area contributed by atoms with Crippen LogP contribution in [0.25, 0.3) is 0 Å². The van der Waals surface area contributed by atoms with Gasteiger partial charge in [-0.25, -0.2) is 4.98 Å². The molecule has 1 heterocycles. The second-order valence-corrected chi connectivity index (χ2v) is 5.49. The van der Waals surface area contributed by atoms with E-state index in [1.54, 1.807) is 6.07 Å². The molecule has 2 rings (SSSR count). The molecule has 3 nitrogen and oxygen atoms in total. The molecule has 1 N–H and O–H groups in total. The van der Waals surface area contributed by atoms with E-state index in [1.165, 1.54) is 11.3 Å². The maximum absolute atomic E-state index is 8.99. The minimum absolute atomic E-state index is 0.584. The standard InChI is InChI=1S/C10H5Br2N3S/c11-7-1-2-8(6(3-7)4-13)14-10-15-9(12)5-16-10/h1-3,5H,(H,14,15). The van der Waals surface area contributed by atoms with E-state index in [2.05, 4.69) is 48.2 Å². The number of nitrogens with one attached hydrogen (secondary N) is 1. The number of anilines is 2. The number of hydrogen-bond donors (Lipinski definition) is 1. The summed E-state index contributed by atoms with van der Waals surface area (Å²) in [5, 5.41) is 14.7. The molecule has 0 atom stereocenters. The molecule has 2 aromatic rings. The number of halogens is 2. The van der Waals surface area contributed by atoms with Crippen LogP contribution in [0, 0.1) is 11.3 Å². The Morgan fingerprint density at radius 1 is 1.38 bits per heavy atom. The molecule has 1 aromatic carbocycles. The van der Waals surface area contributed by atoms with Crippen molar-refractivity contribution in [2.75, 3.05) is 5.32 Å². The number of rotatable bonds is 2. The highest BCUT2D eigenvalue weighted by Crippen LogP contribution is 2.27. The molecule has 0 unspecified atom stereocenters. The molecule has 0 spiro atoms. The van der Waals surface area contributed by atoms with Crippen LogP contribution < -0.4 is 5.32 Å². The minimum Gasteiger partial charge on any atom is -0.330 e. The zero-order valence-electron chi connectivity index (χ0n) is 7.87. The first-order valence-corrected chi connectivity index (χ1v) is 6.73. The predicted octanol–water partition coefficient (Wildman–Crippen LogP) is 4.28. The van der Waals surface area contributed by atoms with Crippen LogP contribution in [-0.2, 0) is 0 Å². The molecule has 0 radical (unpaired) electrons. The molecule has 0 fully saturated rings. The summed E-state index contributed by atoms with van der Waals surface area (Å²) in [6.45, 7) is 0. The SMILES string of the molecule is N#Cc1cc(Br)ccc1Nc1nc(Br)cs1. The van der Waals surface area contributed by atoms with Crippen LogP contribution in [0.3, 0.4) is 0 Å². The second kappa shape index (κ2) is 4.95. The van der Waals surface area contributed by atoms with Crippen molar-refractivity contribution in [2.45, 2.75) is 0 Å². The molecule has 80 valence electrons. The first-order valence-electron chi connectivity index (χ1n) is 4.27. The average molecular weight is 359 g/mol. The summed E-state index contributed by atoms with van der Waals surface area (Å²) in [6, 6.07) is 7.63. The number of thiazole rings is 1. The highest BCUT2D eigenvalue weighted by molar-refractivity contribution is 9.10. The van der Waals surface area contributed by atoms with Crippen LogP contribution in [0.1, 0.15) is 5.56 Å². The smallest absolute Gasteiger partial charge is 0.188 e. The van der Waals surface area contributed by atoms with Crippen molar-refractivity contribution < 1.29 is 0 Å². The normalized spacial score (nSPS) is 9.81. The molecule has 0 aliphatic carbocycles. The molecule has 6 heteroatoms. The van der Waals surface area contributed by atoms with Crippen molar-refractivity contribution in [3.05, 3.63) is 38.2 Å². The Labute approximate surface area is 113 Å². The number of benzene rings is 1. The lowest BCUT2D eigenvalue weighted by Crippen LogP contribution is -1.92. The largest absolute Gasteiger partial charge is 0.330 e.